The Hall–Kier alpha value is -3.81. The summed E-state index contributed by atoms with van der Waals surface area (Å²) in [5.74, 6) is -0.400. The highest BCUT2D eigenvalue weighted by molar-refractivity contribution is 6.05. The van der Waals surface area contributed by atoms with Gasteiger partial charge in [-0.1, -0.05) is 6.07 Å². The van der Waals surface area contributed by atoms with Crippen LogP contribution in [0.25, 0.3) is 0 Å². The van der Waals surface area contributed by atoms with E-state index in [1.165, 1.54) is 4.57 Å². The van der Waals surface area contributed by atoms with Crippen LogP contribution in [0.3, 0.4) is 0 Å². The Bertz CT molecular complexity index is 1270. The summed E-state index contributed by atoms with van der Waals surface area (Å²) < 4.78 is 1.41. The predicted molar refractivity (Wildman–Crippen MR) is 125 cm³/mol. The minimum Gasteiger partial charge on any atom is -0.338 e. The Kier molecular flexibility index (Phi) is 6.35. The first-order chi connectivity index (χ1) is 15.8. The van der Waals surface area contributed by atoms with Crippen LogP contribution >= 0.6 is 0 Å². The first-order valence-electron chi connectivity index (χ1n) is 11.0. The van der Waals surface area contributed by atoms with Crippen LogP contribution in [0.5, 0.6) is 0 Å². The maximum Gasteiger partial charge on any atom is 0.263 e. The number of nitrogens with zero attached hydrogens (tertiary/aromatic N) is 4. The number of anilines is 1. The lowest BCUT2D eigenvalue weighted by Crippen LogP contribution is -2.40. The highest BCUT2D eigenvalue weighted by Gasteiger charge is 2.27. The Labute approximate surface area is 192 Å². The van der Waals surface area contributed by atoms with Crippen LogP contribution in [-0.4, -0.2) is 37.8 Å². The standard InChI is InChI=1S/C25H27N5O3/c1-16-6-8-21(17(2)27-16)28-24(32)23-20-10-12-30(15-19(20)14-29(3)25(23)33)22(31)9-7-18-5-4-11-26-13-18/h4-6,8,11,13-14H,7,9-10,12,15H2,1-3H3,(H,28,32). The number of hydrogen-bond donors (Lipinski definition) is 1. The van der Waals surface area contributed by atoms with Gasteiger partial charge in [0.1, 0.15) is 5.56 Å². The maximum atomic E-state index is 13.1. The van der Waals surface area contributed by atoms with Gasteiger partial charge in [-0.2, -0.15) is 0 Å². The summed E-state index contributed by atoms with van der Waals surface area (Å²) in [5, 5.41) is 2.84. The molecule has 4 rings (SSSR count). The molecule has 170 valence electrons. The smallest absolute Gasteiger partial charge is 0.263 e. The molecule has 0 saturated carbocycles. The molecule has 33 heavy (non-hydrogen) atoms. The Morgan fingerprint density at radius 3 is 2.73 bits per heavy atom. The van der Waals surface area contributed by atoms with Crippen LogP contribution in [0.2, 0.25) is 0 Å². The van der Waals surface area contributed by atoms with E-state index in [0.717, 1.165) is 16.8 Å². The van der Waals surface area contributed by atoms with E-state index in [4.69, 9.17) is 0 Å². The van der Waals surface area contributed by atoms with Gasteiger partial charge < -0.3 is 14.8 Å². The molecule has 0 spiro atoms. The molecule has 0 radical (unpaired) electrons. The Balaban J connectivity index is 1.54. The molecule has 8 nitrogen and oxygen atoms in total. The van der Waals surface area contributed by atoms with Gasteiger partial charge in [-0.15, -0.1) is 0 Å². The molecule has 4 heterocycles. The number of carbonyl (C=O) groups is 2. The molecule has 8 heteroatoms. The first-order valence-corrected chi connectivity index (χ1v) is 11.0. The molecule has 3 aromatic rings. The lowest BCUT2D eigenvalue weighted by molar-refractivity contribution is -0.132. The average Bonchev–Trinajstić information content (AvgIpc) is 2.80. The van der Waals surface area contributed by atoms with Crippen molar-refractivity contribution in [1.82, 2.24) is 19.4 Å². The number of fused-ring (bicyclic) bond motifs is 1. The van der Waals surface area contributed by atoms with Gasteiger partial charge in [0.2, 0.25) is 5.91 Å². The minimum absolute atomic E-state index is 0.0470. The topological polar surface area (TPSA) is 97.2 Å². The Morgan fingerprint density at radius 2 is 2.00 bits per heavy atom. The third-order valence-corrected chi connectivity index (χ3v) is 5.97. The zero-order chi connectivity index (χ0) is 23.5. The van der Waals surface area contributed by atoms with Crippen molar-refractivity contribution >= 4 is 17.5 Å². The SMILES string of the molecule is Cc1ccc(NC(=O)c2c3c(cn(C)c2=O)CN(C(=O)CCc2cccnc2)CC3)c(C)n1. The molecular weight excluding hydrogens is 418 g/mol. The summed E-state index contributed by atoms with van der Waals surface area (Å²) in [6.07, 6.45) is 6.68. The van der Waals surface area contributed by atoms with E-state index in [-0.39, 0.29) is 17.0 Å². The van der Waals surface area contributed by atoms with Gasteiger partial charge in [0.05, 0.1) is 11.4 Å². The maximum absolute atomic E-state index is 13.1. The molecule has 2 amide bonds. The number of pyridine rings is 3. The molecule has 0 saturated heterocycles. The van der Waals surface area contributed by atoms with Crippen molar-refractivity contribution < 1.29 is 9.59 Å². The van der Waals surface area contributed by atoms with Crippen LogP contribution in [0, 0.1) is 13.8 Å². The molecular formula is C25H27N5O3. The fourth-order valence-corrected chi connectivity index (χ4v) is 4.20. The van der Waals surface area contributed by atoms with E-state index in [2.05, 4.69) is 15.3 Å². The van der Waals surface area contributed by atoms with Gasteiger partial charge in [0.25, 0.3) is 11.5 Å². The van der Waals surface area contributed by atoms with Crippen LogP contribution in [0.4, 0.5) is 5.69 Å². The number of hydrogen-bond acceptors (Lipinski definition) is 5. The molecule has 0 aromatic carbocycles. The summed E-state index contributed by atoms with van der Waals surface area (Å²) in [4.78, 5) is 49.1. The average molecular weight is 446 g/mol. The molecule has 0 bridgehead atoms. The third kappa shape index (κ3) is 4.84. The van der Waals surface area contributed by atoms with Crippen LogP contribution < -0.4 is 10.9 Å². The molecule has 0 aliphatic carbocycles. The summed E-state index contributed by atoms with van der Waals surface area (Å²) >= 11 is 0. The highest BCUT2D eigenvalue weighted by Crippen LogP contribution is 2.23. The van der Waals surface area contributed by atoms with Gasteiger partial charge in [-0.3, -0.25) is 24.4 Å². The lowest BCUT2D eigenvalue weighted by Gasteiger charge is -2.30. The molecule has 1 aliphatic rings. The van der Waals surface area contributed by atoms with Crippen LogP contribution in [0.15, 0.2) is 47.7 Å². The summed E-state index contributed by atoms with van der Waals surface area (Å²) in [5.41, 5.74) is 4.46. The van der Waals surface area contributed by atoms with E-state index in [1.807, 2.05) is 32.0 Å². The molecule has 1 N–H and O–H groups in total. The van der Waals surface area contributed by atoms with E-state index in [9.17, 15) is 14.4 Å². The Morgan fingerprint density at radius 1 is 1.18 bits per heavy atom. The van der Waals surface area contributed by atoms with Gasteiger partial charge in [0.15, 0.2) is 0 Å². The zero-order valence-electron chi connectivity index (χ0n) is 19.1. The summed E-state index contributed by atoms with van der Waals surface area (Å²) in [6, 6.07) is 7.42. The van der Waals surface area contributed by atoms with Crippen molar-refractivity contribution in [1.29, 1.82) is 0 Å². The summed E-state index contributed by atoms with van der Waals surface area (Å²) in [7, 11) is 1.63. The van der Waals surface area contributed by atoms with Crippen LogP contribution in [0.1, 0.15) is 44.9 Å². The van der Waals surface area contributed by atoms with Crippen molar-refractivity contribution in [3.05, 3.63) is 86.9 Å². The number of nitrogens with one attached hydrogen (secondary N) is 1. The molecule has 1 aliphatic heterocycles. The number of rotatable bonds is 5. The van der Waals surface area contributed by atoms with Crippen molar-refractivity contribution in [2.45, 2.75) is 39.7 Å². The number of aromatic nitrogens is 3. The van der Waals surface area contributed by atoms with Crippen molar-refractivity contribution in [2.24, 2.45) is 7.05 Å². The molecule has 3 aromatic heterocycles. The van der Waals surface area contributed by atoms with Gasteiger partial charge in [-0.05, 0) is 61.6 Å². The summed E-state index contributed by atoms with van der Waals surface area (Å²) in [6.45, 7) is 4.54. The van der Waals surface area contributed by atoms with Crippen LogP contribution in [-0.2, 0) is 31.2 Å². The van der Waals surface area contributed by atoms with E-state index >= 15 is 0 Å². The lowest BCUT2D eigenvalue weighted by atomic mass is 9.95. The second-order valence-corrected chi connectivity index (χ2v) is 8.39. The van der Waals surface area contributed by atoms with Crippen molar-refractivity contribution in [3.63, 3.8) is 0 Å². The molecule has 0 unspecified atom stereocenters. The third-order valence-electron chi connectivity index (χ3n) is 5.97. The highest BCUT2D eigenvalue weighted by atomic mass is 16.2. The molecule has 0 atom stereocenters. The largest absolute Gasteiger partial charge is 0.338 e. The van der Waals surface area contributed by atoms with Crippen molar-refractivity contribution in [3.8, 4) is 0 Å². The van der Waals surface area contributed by atoms with Gasteiger partial charge in [-0.25, -0.2) is 0 Å². The fraction of sp³-hybridized carbons (Fsp3) is 0.320. The van der Waals surface area contributed by atoms with Crippen molar-refractivity contribution in [2.75, 3.05) is 11.9 Å². The predicted octanol–water partition coefficient (Wildman–Crippen LogP) is 2.56. The monoisotopic (exact) mass is 445 g/mol. The fourth-order valence-electron chi connectivity index (χ4n) is 4.20. The van der Waals surface area contributed by atoms with E-state index in [0.29, 0.717) is 49.3 Å². The second-order valence-electron chi connectivity index (χ2n) is 8.39. The van der Waals surface area contributed by atoms with Gasteiger partial charge >= 0.3 is 0 Å². The number of carbonyl (C=O) groups excluding carboxylic acids is 2. The number of aryl methyl sites for hydroxylation is 4. The number of amides is 2. The van der Waals surface area contributed by atoms with Gasteiger partial charge in [0, 0.05) is 50.8 Å². The first kappa shape index (κ1) is 22.4. The second kappa shape index (κ2) is 9.36. The molecule has 0 fully saturated rings. The zero-order valence-corrected chi connectivity index (χ0v) is 19.1. The van der Waals surface area contributed by atoms with E-state index in [1.54, 1.807) is 36.6 Å². The normalized spacial score (nSPS) is 12.9. The minimum atomic E-state index is -0.447. The quantitative estimate of drug-likeness (QED) is 0.651. The van der Waals surface area contributed by atoms with E-state index < -0.39 is 5.91 Å².